The normalized spacial score (nSPS) is 11.2. The average Bonchev–Trinajstić information content (AvgIpc) is 0.777. The summed E-state index contributed by atoms with van der Waals surface area (Å²) in [6.07, 6.45) is 5.67. The van der Waals surface area contributed by atoms with Crippen LogP contribution in [0.5, 0.6) is 0 Å². The van der Waals surface area contributed by atoms with Crippen molar-refractivity contribution < 1.29 is 0 Å². The van der Waals surface area contributed by atoms with Gasteiger partial charge in [0.1, 0.15) is 0 Å². The van der Waals surface area contributed by atoms with Gasteiger partial charge >= 0.3 is 0 Å². The SMILES string of the molecule is c1ccc(-c2nc(-c3ccccc3)nc(-c3ccc(-c4ccc5cc(-c6ccc(-c7cccc8cccnc78)cc6)ccc5c4)cc3)n2)cc1.c1ccc(-c2nc(-c3ccccc3)nc(-c3ccc(-c4ccc5cc(-c6ccc(-c7cccc8cccnc78)cc6)ccc5c4)cc3)n2)cc1.c1ccc(-c2nc(-c3ccccc3)nc(-c3ccc(-c4ccc5cc(-c6ccc(-c7cnc8ccccc8c7)cc6)ccc5c4)cc3)n2)cc1. The van der Waals surface area contributed by atoms with E-state index < -0.39 is 0 Å². The first-order chi connectivity index (χ1) is 74.2. The van der Waals surface area contributed by atoms with Crippen molar-refractivity contribution in [2.75, 3.05) is 0 Å². The van der Waals surface area contributed by atoms with Gasteiger partial charge in [0.2, 0.25) is 0 Å². The van der Waals surface area contributed by atoms with E-state index in [0.717, 1.165) is 138 Å². The largest absolute Gasteiger partial charge is 0.256 e. The number of para-hydroxylation sites is 3. The molecule has 6 heterocycles. The third kappa shape index (κ3) is 19.6. The minimum absolute atomic E-state index is 0.650. The van der Waals surface area contributed by atoms with Gasteiger partial charge in [-0.3, -0.25) is 15.0 Å². The molecule has 0 aliphatic heterocycles. The predicted octanol–water partition coefficient (Wildman–Crippen LogP) is 34.7. The van der Waals surface area contributed by atoms with E-state index in [2.05, 4.69) is 336 Å². The number of rotatable bonds is 18. The summed E-state index contributed by atoms with van der Waals surface area (Å²) >= 11 is 0. The molecule has 21 aromatic carbocycles. The molecule has 27 rings (SSSR count). The zero-order chi connectivity index (χ0) is 99.8. The Morgan fingerprint density at radius 3 is 0.547 bits per heavy atom. The van der Waals surface area contributed by atoms with Crippen molar-refractivity contribution >= 4 is 65.0 Å². The molecule has 0 N–H and O–H groups in total. The van der Waals surface area contributed by atoms with Gasteiger partial charge in [-0.15, -0.1) is 0 Å². The van der Waals surface area contributed by atoms with Crippen LogP contribution in [0.3, 0.4) is 0 Å². The molecule has 0 atom stereocenters. The zero-order valence-electron chi connectivity index (χ0n) is 81.3. The van der Waals surface area contributed by atoms with Crippen LogP contribution in [0.4, 0.5) is 0 Å². The third-order valence-corrected chi connectivity index (χ3v) is 27.5. The first kappa shape index (κ1) is 90.9. The molecule has 0 aliphatic carbocycles. The Balaban J connectivity index is 0.000000116. The molecule has 0 fully saturated rings. The van der Waals surface area contributed by atoms with E-state index in [1.807, 2.05) is 225 Å². The maximum absolute atomic E-state index is 4.88. The van der Waals surface area contributed by atoms with Gasteiger partial charge in [-0.05, 0) is 176 Å². The highest BCUT2D eigenvalue weighted by molar-refractivity contribution is 5.99. The van der Waals surface area contributed by atoms with Crippen LogP contribution in [0.1, 0.15) is 0 Å². The van der Waals surface area contributed by atoms with Crippen LogP contribution in [0, 0.1) is 0 Å². The van der Waals surface area contributed by atoms with Crippen LogP contribution in [0.15, 0.2) is 546 Å². The van der Waals surface area contributed by atoms with Crippen molar-refractivity contribution in [1.82, 2.24) is 59.8 Å². The van der Waals surface area contributed by atoms with Crippen molar-refractivity contribution in [3.05, 3.63) is 546 Å². The molecule has 12 nitrogen and oxygen atoms in total. The molecule has 0 amide bonds. The highest BCUT2D eigenvalue weighted by atomic mass is 15.1. The van der Waals surface area contributed by atoms with Crippen LogP contribution in [-0.4, -0.2) is 59.8 Å². The molecule has 12 heteroatoms. The van der Waals surface area contributed by atoms with Gasteiger partial charge in [-0.1, -0.05) is 467 Å². The maximum atomic E-state index is 4.88. The summed E-state index contributed by atoms with van der Waals surface area (Å²) in [4.78, 5) is 57.7. The summed E-state index contributed by atoms with van der Waals surface area (Å²) in [6, 6.07) is 183. The summed E-state index contributed by atoms with van der Waals surface area (Å²) in [7, 11) is 0. The third-order valence-electron chi connectivity index (χ3n) is 27.5. The number of hydrogen-bond donors (Lipinski definition) is 0. The molecule has 27 aromatic rings. The number of nitrogens with zero attached hydrogens (tertiary/aromatic N) is 12. The Bertz CT molecular complexity index is 9050. The molecular weight excluding hydrogens is 1830 g/mol. The molecular formula is C138H90N12. The van der Waals surface area contributed by atoms with Gasteiger partial charge in [0.15, 0.2) is 52.4 Å². The Labute approximate surface area is 867 Å². The molecule has 0 bridgehead atoms. The Hall–Kier alpha value is -20.3. The first-order valence-electron chi connectivity index (χ1n) is 50.1. The Kier molecular flexibility index (Phi) is 25.0. The van der Waals surface area contributed by atoms with E-state index in [-0.39, 0.29) is 0 Å². The van der Waals surface area contributed by atoms with E-state index in [1.54, 1.807) is 0 Å². The van der Waals surface area contributed by atoms with Crippen LogP contribution in [-0.2, 0) is 0 Å². The maximum Gasteiger partial charge on any atom is 0.164 e. The van der Waals surface area contributed by atoms with Crippen LogP contribution >= 0.6 is 0 Å². The lowest BCUT2D eigenvalue weighted by Gasteiger charge is -2.10. The lowest BCUT2D eigenvalue weighted by Crippen LogP contribution is -2.00. The number of fused-ring (bicyclic) bond motifs is 6. The second-order valence-electron chi connectivity index (χ2n) is 37.1. The number of pyridine rings is 3. The molecule has 0 unspecified atom stereocenters. The number of benzene rings is 21. The summed E-state index contributed by atoms with van der Waals surface area (Å²) in [5.41, 5.74) is 32.6. The first-order valence-corrected chi connectivity index (χ1v) is 50.1. The molecule has 702 valence electrons. The lowest BCUT2D eigenvalue weighted by molar-refractivity contribution is 1.07. The fraction of sp³-hybridized carbons (Fsp3) is 0. The van der Waals surface area contributed by atoms with Crippen molar-refractivity contribution in [1.29, 1.82) is 0 Å². The predicted molar refractivity (Wildman–Crippen MR) is 616 cm³/mol. The fourth-order valence-corrected chi connectivity index (χ4v) is 19.5. The molecule has 0 saturated carbocycles. The van der Waals surface area contributed by atoms with Crippen molar-refractivity contribution in [3.8, 4) is 203 Å². The van der Waals surface area contributed by atoms with E-state index in [4.69, 9.17) is 44.9 Å². The van der Waals surface area contributed by atoms with Gasteiger partial charge in [-0.25, -0.2) is 44.9 Å². The van der Waals surface area contributed by atoms with E-state index >= 15 is 0 Å². The van der Waals surface area contributed by atoms with Crippen LogP contribution < -0.4 is 0 Å². The summed E-state index contributed by atoms with van der Waals surface area (Å²) in [5.74, 6) is 5.90. The van der Waals surface area contributed by atoms with E-state index in [0.29, 0.717) is 52.4 Å². The quantitative estimate of drug-likeness (QED) is 0.0803. The molecule has 6 aromatic heterocycles. The van der Waals surface area contributed by atoms with Crippen LogP contribution in [0.2, 0.25) is 0 Å². The summed E-state index contributed by atoms with van der Waals surface area (Å²) in [5, 5.41) is 10.7. The monoisotopic (exact) mass is 1910 g/mol. The van der Waals surface area contributed by atoms with Gasteiger partial charge in [0, 0.05) is 102 Å². The molecule has 0 radical (unpaired) electrons. The van der Waals surface area contributed by atoms with Crippen molar-refractivity contribution in [2.45, 2.75) is 0 Å². The minimum atomic E-state index is 0.650. The van der Waals surface area contributed by atoms with E-state index in [9.17, 15) is 0 Å². The zero-order valence-corrected chi connectivity index (χ0v) is 81.3. The molecule has 0 spiro atoms. The van der Waals surface area contributed by atoms with Gasteiger partial charge in [-0.2, -0.15) is 0 Å². The van der Waals surface area contributed by atoms with E-state index in [1.165, 1.54) is 76.8 Å². The topological polar surface area (TPSA) is 155 Å². The van der Waals surface area contributed by atoms with Crippen LogP contribution in [0.25, 0.3) is 268 Å². The average molecular weight is 1920 g/mol. The van der Waals surface area contributed by atoms with Gasteiger partial charge in [0.05, 0.1) is 16.6 Å². The second kappa shape index (κ2) is 41.2. The highest BCUT2D eigenvalue weighted by Crippen LogP contribution is 2.41. The lowest BCUT2D eigenvalue weighted by atomic mass is 9.95. The molecule has 0 aliphatic rings. The summed E-state index contributed by atoms with van der Waals surface area (Å²) < 4.78 is 0. The number of hydrogen-bond acceptors (Lipinski definition) is 12. The Morgan fingerprint density at radius 2 is 0.293 bits per heavy atom. The smallest absolute Gasteiger partial charge is 0.164 e. The highest BCUT2D eigenvalue weighted by Gasteiger charge is 2.20. The van der Waals surface area contributed by atoms with Gasteiger partial charge < -0.3 is 0 Å². The molecule has 0 saturated heterocycles. The second-order valence-corrected chi connectivity index (χ2v) is 37.1. The van der Waals surface area contributed by atoms with Crippen molar-refractivity contribution in [3.63, 3.8) is 0 Å². The van der Waals surface area contributed by atoms with Gasteiger partial charge in [0.25, 0.3) is 0 Å². The number of aromatic nitrogens is 12. The summed E-state index contributed by atoms with van der Waals surface area (Å²) in [6.45, 7) is 0. The van der Waals surface area contributed by atoms with Crippen molar-refractivity contribution in [2.24, 2.45) is 0 Å². The molecule has 150 heavy (non-hydrogen) atoms. The fourth-order valence-electron chi connectivity index (χ4n) is 19.5. The standard InChI is InChI=1S/3C46H30N4/c2*1-3-9-35(10-4-1)44-48-45(36-11-5-2-6-12-36)50-46(49-44)37-22-18-32(19-23-37)39-25-27-40-29-38(24-26-41(40)30-39)31-16-20-33(21-17-31)42-15-7-13-34-14-8-28-47-43(34)42;1-3-9-34(10-4-1)44-48-45(35-11-5-2-6-12-35)50-46(49-44)36-21-19-32(20-22-36)38-24-26-39-27-37(23-25-40(39)28-38)31-15-17-33(18-16-31)42-29-41-13-7-8-14-43(41)47-30-42/h3*1-30H. The minimum Gasteiger partial charge on any atom is -0.256 e. The Morgan fingerprint density at radius 1 is 0.107 bits per heavy atom.